The molecule has 0 spiro atoms. The van der Waals surface area contributed by atoms with E-state index in [4.69, 9.17) is 4.74 Å². The van der Waals surface area contributed by atoms with Crippen molar-refractivity contribution in [1.82, 2.24) is 9.80 Å². The van der Waals surface area contributed by atoms with E-state index in [0.717, 1.165) is 64.2 Å². The minimum atomic E-state index is -4.47. The lowest BCUT2D eigenvalue weighted by molar-refractivity contribution is -0.138. The predicted molar refractivity (Wildman–Crippen MR) is 113 cm³/mol. The minimum Gasteiger partial charge on any atom is -0.379 e. The summed E-state index contributed by atoms with van der Waals surface area (Å²) in [6.45, 7) is 6.11. The van der Waals surface area contributed by atoms with Crippen LogP contribution in [0.4, 0.5) is 18.9 Å². The lowest BCUT2D eigenvalue weighted by Crippen LogP contribution is -2.43. The molecule has 3 aliphatic heterocycles. The van der Waals surface area contributed by atoms with Gasteiger partial charge in [0.05, 0.1) is 24.7 Å². The number of carbonyl (C=O) groups is 2. The van der Waals surface area contributed by atoms with E-state index in [1.807, 2.05) is 4.90 Å². The fourth-order valence-electron chi connectivity index (χ4n) is 4.86. The van der Waals surface area contributed by atoms with Gasteiger partial charge in [0.2, 0.25) is 11.8 Å². The minimum absolute atomic E-state index is 0.0477. The first-order valence-electron chi connectivity index (χ1n) is 11.4. The van der Waals surface area contributed by atoms with Gasteiger partial charge in [0.15, 0.2) is 0 Å². The summed E-state index contributed by atoms with van der Waals surface area (Å²) >= 11 is 0. The summed E-state index contributed by atoms with van der Waals surface area (Å²) in [6.07, 6.45) is -1.40. The highest BCUT2D eigenvalue weighted by Crippen LogP contribution is 2.34. The summed E-state index contributed by atoms with van der Waals surface area (Å²) in [5, 5.41) is 0. The molecule has 1 aromatic carbocycles. The Balaban J connectivity index is 1.28. The van der Waals surface area contributed by atoms with Crippen LogP contribution in [0, 0.1) is 11.8 Å². The maximum atomic E-state index is 13.0. The molecule has 1 atom stereocenters. The van der Waals surface area contributed by atoms with Crippen molar-refractivity contribution in [3.63, 3.8) is 0 Å². The first kappa shape index (κ1) is 23.0. The van der Waals surface area contributed by atoms with E-state index in [-0.39, 0.29) is 30.5 Å². The molecule has 3 saturated heterocycles. The largest absolute Gasteiger partial charge is 0.416 e. The van der Waals surface area contributed by atoms with Gasteiger partial charge in [0, 0.05) is 44.8 Å². The number of anilines is 1. The molecule has 9 heteroatoms. The van der Waals surface area contributed by atoms with Gasteiger partial charge in [0.25, 0.3) is 0 Å². The Kier molecular flexibility index (Phi) is 7.05. The highest BCUT2D eigenvalue weighted by Gasteiger charge is 2.39. The first-order chi connectivity index (χ1) is 15.3. The van der Waals surface area contributed by atoms with E-state index in [1.165, 1.54) is 17.0 Å². The zero-order chi connectivity index (χ0) is 22.7. The molecule has 6 nitrogen and oxygen atoms in total. The van der Waals surface area contributed by atoms with Crippen LogP contribution >= 0.6 is 0 Å². The maximum Gasteiger partial charge on any atom is 0.416 e. The lowest BCUT2D eigenvalue weighted by atomic mass is 9.92. The van der Waals surface area contributed by atoms with Crippen LogP contribution in [-0.4, -0.2) is 74.1 Å². The molecule has 0 aliphatic carbocycles. The molecule has 3 aliphatic rings. The highest BCUT2D eigenvalue weighted by atomic mass is 19.4. The van der Waals surface area contributed by atoms with Gasteiger partial charge in [-0.3, -0.25) is 14.5 Å². The average molecular weight is 454 g/mol. The molecule has 4 rings (SSSR count). The summed E-state index contributed by atoms with van der Waals surface area (Å²) in [5.41, 5.74) is -0.598. The molecular formula is C23H30F3N3O3. The Morgan fingerprint density at radius 1 is 1.09 bits per heavy atom. The number of morpholine rings is 1. The monoisotopic (exact) mass is 453 g/mol. The zero-order valence-electron chi connectivity index (χ0n) is 18.1. The van der Waals surface area contributed by atoms with Crippen LogP contribution in [0.3, 0.4) is 0 Å². The molecule has 1 aromatic rings. The number of hydrogen-bond acceptors (Lipinski definition) is 4. The van der Waals surface area contributed by atoms with E-state index in [9.17, 15) is 22.8 Å². The number of nitrogens with zero attached hydrogens (tertiary/aromatic N) is 3. The van der Waals surface area contributed by atoms with Crippen molar-refractivity contribution in [3.8, 4) is 0 Å². The second-order valence-corrected chi connectivity index (χ2v) is 8.96. The highest BCUT2D eigenvalue weighted by molar-refractivity contribution is 6.00. The number of piperidine rings is 1. The van der Waals surface area contributed by atoms with E-state index < -0.39 is 17.7 Å². The summed E-state index contributed by atoms with van der Waals surface area (Å²) in [7, 11) is 0. The number of carbonyl (C=O) groups excluding carboxylic acids is 2. The molecule has 3 fully saturated rings. The van der Waals surface area contributed by atoms with Crippen LogP contribution in [0.25, 0.3) is 0 Å². The van der Waals surface area contributed by atoms with Crippen LogP contribution in [0.15, 0.2) is 24.3 Å². The fourth-order valence-corrected chi connectivity index (χ4v) is 4.86. The van der Waals surface area contributed by atoms with Crippen LogP contribution in [0.1, 0.15) is 31.2 Å². The molecular weight excluding hydrogens is 423 g/mol. The number of likely N-dealkylation sites (tertiary alicyclic amines) is 1. The fraction of sp³-hybridized carbons (Fsp3) is 0.652. The summed E-state index contributed by atoms with van der Waals surface area (Å²) in [4.78, 5) is 31.1. The Hall–Kier alpha value is -2.13. The SMILES string of the molecule is O=C(C1CC(=O)N(c2cccc(C(F)(F)F)c2)C1)N1CCC(CCN2CCOCC2)CC1. The summed E-state index contributed by atoms with van der Waals surface area (Å²) < 4.78 is 44.4. The van der Waals surface area contributed by atoms with Crippen molar-refractivity contribution >= 4 is 17.5 Å². The second kappa shape index (κ2) is 9.79. The van der Waals surface area contributed by atoms with Crippen molar-refractivity contribution < 1.29 is 27.5 Å². The molecule has 0 bridgehead atoms. The molecule has 2 amide bonds. The quantitative estimate of drug-likeness (QED) is 0.688. The second-order valence-electron chi connectivity index (χ2n) is 8.96. The number of alkyl halides is 3. The standard InChI is InChI=1S/C23H30F3N3O3/c24-23(25,26)19-2-1-3-20(15-19)29-16-18(14-21(29)30)22(31)28-8-5-17(6-9-28)4-7-27-10-12-32-13-11-27/h1-3,15,17-18H,4-14,16H2. The Bertz CT molecular complexity index is 818. The van der Waals surface area contributed by atoms with Gasteiger partial charge in [-0.25, -0.2) is 0 Å². The third-order valence-corrected chi connectivity index (χ3v) is 6.84. The van der Waals surface area contributed by atoms with Gasteiger partial charge in [0.1, 0.15) is 0 Å². The lowest BCUT2D eigenvalue weighted by Gasteiger charge is -2.35. The molecule has 1 unspecified atom stereocenters. The molecule has 0 radical (unpaired) electrons. The van der Waals surface area contributed by atoms with E-state index in [2.05, 4.69) is 4.90 Å². The summed E-state index contributed by atoms with van der Waals surface area (Å²) in [6, 6.07) is 4.74. The van der Waals surface area contributed by atoms with Crippen molar-refractivity contribution in [2.75, 3.05) is 57.4 Å². The van der Waals surface area contributed by atoms with Crippen molar-refractivity contribution in [2.45, 2.75) is 31.9 Å². The third kappa shape index (κ3) is 5.43. The van der Waals surface area contributed by atoms with Gasteiger partial charge < -0.3 is 14.5 Å². The van der Waals surface area contributed by atoms with Gasteiger partial charge in [-0.1, -0.05) is 6.07 Å². The van der Waals surface area contributed by atoms with Crippen LogP contribution < -0.4 is 4.90 Å². The molecule has 0 saturated carbocycles. The van der Waals surface area contributed by atoms with Gasteiger partial charge >= 0.3 is 6.18 Å². The first-order valence-corrected chi connectivity index (χ1v) is 11.4. The number of amides is 2. The van der Waals surface area contributed by atoms with Crippen LogP contribution in [-0.2, 0) is 20.5 Å². The Labute approximate surface area is 186 Å². The number of hydrogen-bond donors (Lipinski definition) is 0. The van der Waals surface area contributed by atoms with E-state index in [0.29, 0.717) is 19.0 Å². The van der Waals surface area contributed by atoms with Crippen molar-refractivity contribution in [1.29, 1.82) is 0 Å². The number of benzene rings is 1. The molecule has 3 heterocycles. The zero-order valence-corrected chi connectivity index (χ0v) is 18.1. The number of halogens is 3. The van der Waals surface area contributed by atoms with E-state index >= 15 is 0 Å². The third-order valence-electron chi connectivity index (χ3n) is 6.84. The Morgan fingerprint density at radius 2 is 1.81 bits per heavy atom. The molecule has 32 heavy (non-hydrogen) atoms. The normalized spacial score (nSPS) is 23.7. The smallest absolute Gasteiger partial charge is 0.379 e. The number of ether oxygens (including phenoxy) is 1. The molecule has 0 N–H and O–H groups in total. The van der Waals surface area contributed by atoms with Crippen LogP contribution in [0.5, 0.6) is 0 Å². The average Bonchev–Trinajstić information content (AvgIpc) is 3.19. The summed E-state index contributed by atoms with van der Waals surface area (Å²) in [5.74, 6) is -0.266. The van der Waals surface area contributed by atoms with Gasteiger partial charge in [-0.15, -0.1) is 0 Å². The molecule has 0 aromatic heterocycles. The number of rotatable bonds is 5. The maximum absolute atomic E-state index is 13.0. The van der Waals surface area contributed by atoms with Crippen molar-refractivity contribution in [3.05, 3.63) is 29.8 Å². The predicted octanol–water partition coefficient (Wildman–Crippen LogP) is 3.02. The van der Waals surface area contributed by atoms with Gasteiger partial charge in [-0.2, -0.15) is 13.2 Å². The van der Waals surface area contributed by atoms with Crippen molar-refractivity contribution in [2.24, 2.45) is 11.8 Å². The Morgan fingerprint density at radius 3 is 2.50 bits per heavy atom. The van der Waals surface area contributed by atoms with Gasteiger partial charge in [-0.05, 0) is 49.9 Å². The topological polar surface area (TPSA) is 53.1 Å². The van der Waals surface area contributed by atoms with Crippen LogP contribution in [0.2, 0.25) is 0 Å². The molecule has 176 valence electrons. The van der Waals surface area contributed by atoms with E-state index in [1.54, 1.807) is 0 Å².